The van der Waals surface area contributed by atoms with Crippen LogP contribution >= 0.6 is 0 Å². The third kappa shape index (κ3) is 3.79. The minimum atomic E-state index is -3.47. The van der Waals surface area contributed by atoms with Crippen LogP contribution in [0.2, 0.25) is 0 Å². The number of rotatable bonds is 4. The van der Waals surface area contributed by atoms with Gasteiger partial charge in [0.15, 0.2) is 0 Å². The van der Waals surface area contributed by atoms with Gasteiger partial charge in [0.1, 0.15) is 5.82 Å². The number of nitrogens with one attached hydrogen (secondary N) is 2. The van der Waals surface area contributed by atoms with E-state index in [-0.39, 0.29) is 5.69 Å². The van der Waals surface area contributed by atoms with Crippen LogP contribution in [0.1, 0.15) is 5.56 Å². The maximum Gasteiger partial charge on any atom is 0.229 e. The quantitative estimate of drug-likeness (QED) is 0.608. The standard InChI is InChI=1S/C10H11FN2O2S/c1-3-12-7-8-4-5-10(9(11)6-8)13-16(2,14)15/h1,4-6,12-13H,7H2,2H3. The highest BCUT2D eigenvalue weighted by atomic mass is 32.2. The largest absolute Gasteiger partial charge is 0.342 e. The Hall–Kier alpha value is -1.74. The van der Waals surface area contributed by atoms with E-state index >= 15 is 0 Å². The molecule has 0 heterocycles. The van der Waals surface area contributed by atoms with E-state index in [1.165, 1.54) is 12.1 Å². The zero-order valence-electron chi connectivity index (χ0n) is 8.62. The predicted octanol–water partition coefficient (Wildman–Crippen LogP) is 0.878. The molecule has 86 valence electrons. The Bertz CT molecular complexity index is 520. The van der Waals surface area contributed by atoms with Crippen LogP contribution in [0.15, 0.2) is 18.2 Å². The second-order valence-corrected chi connectivity index (χ2v) is 4.93. The molecule has 0 aliphatic rings. The van der Waals surface area contributed by atoms with Crippen LogP contribution in [-0.4, -0.2) is 14.7 Å². The average Bonchev–Trinajstić information content (AvgIpc) is 2.17. The predicted molar refractivity (Wildman–Crippen MR) is 60.5 cm³/mol. The van der Waals surface area contributed by atoms with Crippen molar-refractivity contribution < 1.29 is 12.8 Å². The first-order valence-corrected chi connectivity index (χ1v) is 6.26. The van der Waals surface area contributed by atoms with Crippen LogP contribution < -0.4 is 10.0 Å². The lowest BCUT2D eigenvalue weighted by atomic mass is 10.2. The minimum Gasteiger partial charge on any atom is -0.342 e. The van der Waals surface area contributed by atoms with Crippen LogP contribution in [0.4, 0.5) is 10.1 Å². The Balaban J connectivity index is 2.88. The summed E-state index contributed by atoms with van der Waals surface area (Å²) < 4.78 is 37.3. The summed E-state index contributed by atoms with van der Waals surface area (Å²) in [4.78, 5) is 0. The van der Waals surface area contributed by atoms with Crippen molar-refractivity contribution in [3.63, 3.8) is 0 Å². The Morgan fingerprint density at radius 2 is 2.19 bits per heavy atom. The van der Waals surface area contributed by atoms with Gasteiger partial charge in [-0.15, -0.1) is 0 Å². The average molecular weight is 242 g/mol. The molecule has 1 aromatic carbocycles. The van der Waals surface area contributed by atoms with Crippen molar-refractivity contribution in [1.29, 1.82) is 0 Å². The van der Waals surface area contributed by atoms with Gasteiger partial charge in [0, 0.05) is 12.6 Å². The van der Waals surface area contributed by atoms with Crippen molar-refractivity contribution in [2.24, 2.45) is 0 Å². The molecule has 6 heteroatoms. The zero-order valence-corrected chi connectivity index (χ0v) is 9.44. The van der Waals surface area contributed by atoms with E-state index in [1.54, 1.807) is 6.07 Å². The van der Waals surface area contributed by atoms with Gasteiger partial charge >= 0.3 is 0 Å². The summed E-state index contributed by atoms with van der Waals surface area (Å²) >= 11 is 0. The van der Waals surface area contributed by atoms with Crippen molar-refractivity contribution in [2.45, 2.75) is 6.54 Å². The summed E-state index contributed by atoms with van der Waals surface area (Å²) in [5.74, 6) is -0.637. The molecule has 1 rings (SSSR count). The minimum absolute atomic E-state index is 0.0769. The Kier molecular flexibility index (Phi) is 3.74. The molecule has 0 aliphatic carbocycles. The van der Waals surface area contributed by atoms with Crippen LogP contribution in [0, 0.1) is 18.3 Å². The molecule has 0 amide bonds. The fourth-order valence-corrected chi connectivity index (χ4v) is 1.67. The number of benzene rings is 1. The topological polar surface area (TPSA) is 58.2 Å². The van der Waals surface area contributed by atoms with Crippen molar-refractivity contribution in [3.8, 4) is 12.5 Å². The van der Waals surface area contributed by atoms with E-state index in [9.17, 15) is 12.8 Å². The van der Waals surface area contributed by atoms with Crippen molar-refractivity contribution in [2.75, 3.05) is 11.0 Å². The van der Waals surface area contributed by atoms with Gasteiger partial charge in [-0.3, -0.25) is 4.72 Å². The van der Waals surface area contributed by atoms with Crippen molar-refractivity contribution in [1.82, 2.24) is 5.32 Å². The van der Waals surface area contributed by atoms with Gasteiger partial charge in [-0.1, -0.05) is 12.5 Å². The lowest BCUT2D eigenvalue weighted by Crippen LogP contribution is -2.11. The van der Waals surface area contributed by atoms with Gasteiger partial charge in [0.25, 0.3) is 0 Å². The van der Waals surface area contributed by atoms with E-state index in [0.29, 0.717) is 12.1 Å². The molecular weight excluding hydrogens is 231 g/mol. The second kappa shape index (κ2) is 4.86. The Morgan fingerprint density at radius 1 is 1.50 bits per heavy atom. The number of hydrogen-bond acceptors (Lipinski definition) is 3. The Labute approximate surface area is 93.9 Å². The molecule has 0 spiro atoms. The van der Waals surface area contributed by atoms with Crippen molar-refractivity contribution >= 4 is 15.7 Å². The molecule has 0 saturated heterocycles. The van der Waals surface area contributed by atoms with Gasteiger partial charge in [0.05, 0.1) is 11.9 Å². The summed E-state index contributed by atoms with van der Waals surface area (Å²) in [6, 6.07) is 6.36. The number of terminal acetylenes is 1. The molecule has 16 heavy (non-hydrogen) atoms. The van der Waals surface area contributed by atoms with Gasteiger partial charge in [-0.25, -0.2) is 12.8 Å². The maximum atomic E-state index is 13.4. The third-order valence-corrected chi connectivity index (χ3v) is 2.31. The molecule has 0 aromatic heterocycles. The van der Waals surface area contributed by atoms with Gasteiger partial charge in [0.2, 0.25) is 10.0 Å². The number of halogens is 1. The van der Waals surface area contributed by atoms with Gasteiger partial charge in [-0.2, -0.15) is 0 Å². The van der Waals surface area contributed by atoms with Crippen LogP contribution in [-0.2, 0) is 16.6 Å². The monoisotopic (exact) mass is 242 g/mol. The third-order valence-electron chi connectivity index (χ3n) is 1.72. The zero-order chi connectivity index (χ0) is 12.2. The number of hydrogen-bond donors (Lipinski definition) is 2. The summed E-state index contributed by atoms with van der Waals surface area (Å²) in [6.45, 7) is 0.326. The summed E-state index contributed by atoms with van der Waals surface area (Å²) in [5.41, 5.74) is 0.557. The Morgan fingerprint density at radius 3 is 2.69 bits per heavy atom. The normalized spacial score (nSPS) is 10.6. The second-order valence-electron chi connectivity index (χ2n) is 3.19. The summed E-state index contributed by atoms with van der Waals surface area (Å²) in [5, 5.41) is 2.58. The highest BCUT2D eigenvalue weighted by Gasteiger charge is 2.07. The SMILES string of the molecule is C#CNCc1ccc(NS(C)(=O)=O)c(F)c1. The number of anilines is 1. The smallest absolute Gasteiger partial charge is 0.229 e. The van der Waals surface area contributed by atoms with E-state index in [4.69, 9.17) is 6.42 Å². The first-order valence-electron chi connectivity index (χ1n) is 4.37. The molecule has 0 radical (unpaired) electrons. The number of sulfonamides is 1. The molecule has 4 nitrogen and oxygen atoms in total. The molecule has 1 aromatic rings. The summed E-state index contributed by atoms with van der Waals surface area (Å²) in [7, 11) is -3.47. The lowest BCUT2D eigenvalue weighted by Gasteiger charge is -2.07. The highest BCUT2D eigenvalue weighted by molar-refractivity contribution is 7.92. The molecule has 0 saturated carbocycles. The van der Waals surface area contributed by atoms with E-state index in [2.05, 4.69) is 16.1 Å². The molecule has 0 bridgehead atoms. The van der Waals surface area contributed by atoms with E-state index < -0.39 is 15.8 Å². The fourth-order valence-electron chi connectivity index (χ4n) is 1.10. The van der Waals surface area contributed by atoms with Gasteiger partial charge < -0.3 is 5.32 Å². The molecule has 0 fully saturated rings. The first kappa shape index (κ1) is 12.3. The molecule has 2 N–H and O–H groups in total. The van der Waals surface area contributed by atoms with Crippen molar-refractivity contribution in [3.05, 3.63) is 29.6 Å². The maximum absolute atomic E-state index is 13.4. The fraction of sp³-hybridized carbons (Fsp3) is 0.200. The highest BCUT2D eigenvalue weighted by Crippen LogP contribution is 2.16. The molecular formula is C10H11FN2O2S. The van der Waals surface area contributed by atoms with Crippen LogP contribution in [0.25, 0.3) is 0 Å². The van der Waals surface area contributed by atoms with E-state index in [0.717, 1.165) is 6.26 Å². The first-order chi connectivity index (χ1) is 7.42. The lowest BCUT2D eigenvalue weighted by molar-refractivity contribution is 0.603. The van der Waals surface area contributed by atoms with Crippen LogP contribution in [0.5, 0.6) is 0 Å². The molecule has 0 unspecified atom stereocenters. The van der Waals surface area contributed by atoms with Crippen LogP contribution in [0.3, 0.4) is 0 Å². The summed E-state index contributed by atoms with van der Waals surface area (Å²) in [6.07, 6.45) is 5.94. The molecule has 0 atom stereocenters. The molecule has 0 aliphatic heterocycles. The van der Waals surface area contributed by atoms with E-state index in [1.807, 2.05) is 0 Å². The van der Waals surface area contributed by atoms with Gasteiger partial charge in [-0.05, 0) is 17.7 Å².